The molecule has 0 aromatic heterocycles. The van der Waals surface area contributed by atoms with E-state index in [4.69, 9.17) is 5.73 Å². The summed E-state index contributed by atoms with van der Waals surface area (Å²) in [6.45, 7) is 1.35. The minimum Gasteiger partial charge on any atom is -0.368 e. The molecule has 1 atom stereocenters. The predicted octanol–water partition coefficient (Wildman–Crippen LogP) is 0.349. The molecule has 1 rings (SSSR count). The summed E-state index contributed by atoms with van der Waals surface area (Å²) in [5.41, 5.74) is 5.85. The van der Waals surface area contributed by atoms with Crippen molar-refractivity contribution in [3.05, 3.63) is 35.9 Å². The Morgan fingerprint density at radius 2 is 1.86 bits per heavy atom. The van der Waals surface area contributed by atoms with Gasteiger partial charge >= 0.3 is 0 Å². The van der Waals surface area contributed by atoms with Gasteiger partial charge in [0.15, 0.2) is 0 Å². The fourth-order valence-corrected chi connectivity index (χ4v) is 1.17. The lowest BCUT2D eigenvalue weighted by molar-refractivity contribution is -0.126. The Morgan fingerprint density at radius 3 is 2.29 bits per heavy atom. The summed E-state index contributed by atoms with van der Waals surface area (Å²) in [6, 6.07) is 8.14. The molecule has 0 aliphatic carbocycles. The normalized spacial score (nSPS) is 11.8. The molecule has 1 aromatic carbocycles. The number of primary amides is 1. The molecule has 74 valence electrons. The monoisotopic (exact) mass is 192 g/mol. The van der Waals surface area contributed by atoms with E-state index in [1.54, 1.807) is 24.3 Å². The van der Waals surface area contributed by atoms with E-state index < -0.39 is 11.9 Å². The Morgan fingerprint density at radius 1 is 1.29 bits per heavy atom. The number of carbonyl (C=O) groups excluding carboxylic acids is 2. The summed E-state index contributed by atoms with van der Waals surface area (Å²) >= 11 is 0. The highest BCUT2D eigenvalue weighted by Gasteiger charge is 2.17. The van der Waals surface area contributed by atoms with Crippen LogP contribution in [0.5, 0.6) is 0 Å². The fraction of sp³-hybridized carbons (Fsp3) is 0.200. The van der Waals surface area contributed by atoms with E-state index in [9.17, 15) is 9.59 Å². The number of hydrogen-bond acceptors (Lipinski definition) is 2. The summed E-state index contributed by atoms with van der Waals surface area (Å²) in [4.78, 5) is 21.9. The van der Waals surface area contributed by atoms with Crippen LogP contribution in [-0.2, 0) is 9.59 Å². The first kappa shape index (κ1) is 10.2. The first-order chi connectivity index (χ1) is 6.61. The van der Waals surface area contributed by atoms with Crippen molar-refractivity contribution in [3.8, 4) is 0 Å². The van der Waals surface area contributed by atoms with Gasteiger partial charge in [0.05, 0.1) is 0 Å². The van der Waals surface area contributed by atoms with Crippen LogP contribution in [0.2, 0.25) is 0 Å². The molecule has 3 N–H and O–H groups in total. The number of nitrogens with one attached hydrogen (secondary N) is 1. The largest absolute Gasteiger partial charge is 0.368 e. The highest BCUT2D eigenvalue weighted by molar-refractivity contribution is 5.86. The number of carbonyl (C=O) groups is 2. The van der Waals surface area contributed by atoms with Crippen LogP contribution in [0.4, 0.5) is 0 Å². The average Bonchev–Trinajstić information content (AvgIpc) is 2.15. The summed E-state index contributed by atoms with van der Waals surface area (Å²) < 4.78 is 0. The standard InChI is InChI=1S/C10H12N2O2/c1-7(13)12-9(10(11)14)8-5-3-2-4-6-8/h2-6,9H,1H3,(H2,11,14)(H,12,13). The number of amides is 2. The van der Waals surface area contributed by atoms with Gasteiger partial charge < -0.3 is 11.1 Å². The van der Waals surface area contributed by atoms with Crippen LogP contribution in [-0.4, -0.2) is 11.8 Å². The molecule has 4 nitrogen and oxygen atoms in total. The van der Waals surface area contributed by atoms with Gasteiger partial charge in [0, 0.05) is 6.92 Å². The van der Waals surface area contributed by atoms with Gasteiger partial charge in [0.25, 0.3) is 0 Å². The maximum Gasteiger partial charge on any atom is 0.244 e. The SMILES string of the molecule is CC(=O)NC(C(N)=O)c1ccccc1. The molecule has 0 aliphatic heterocycles. The lowest BCUT2D eigenvalue weighted by atomic mass is 10.1. The van der Waals surface area contributed by atoms with E-state index in [0.717, 1.165) is 0 Å². The molecule has 14 heavy (non-hydrogen) atoms. The number of nitrogens with two attached hydrogens (primary N) is 1. The van der Waals surface area contributed by atoms with Gasteiger partial charge in [-0.2, -0.15) is 0 Å². The van der Waals surface area contributed by atoms with Crippen LogP contribution >= 0.6 is 0 Å². The molecule has 1 unspecified atom stereocenters. The second-order valence-electron chi connectivity index (χ2n) is 2.95. The Kier molecular flexibility index (Phi) is 3.23. The number of hydrogen-bond donors (Lipinski definition) is 2. The maximum atomic E-state index is 11.0. The van der Waals surface area contributed by atoms with Crippen LogP contribution in [0, 0.1) is 0 Å². The molecule has 1 aromatic rings. The zero-order chi connectivity index (χ0) is 10.6. The molecule has 0 spiro atoms. The van der Waals surface area contributed by atoms with Crippen LogP contribution in [0.3, 0.4) is 0 Å². The fourth-order valence-electron chi connectivity index (χ4n) is 1.17. The molecule has 0 heterocycles. The Balaban J connectivity index is 2.89. The van der Waals surface area contributed by atoms with Crippen molar-refractivity contribution in [2.24, 2.45) is 5.73 Å². The van der Waals surface area contributed by atoms with Gasteiger partial charge in [-0.15, -0.1) is 0 Å². The third kappa shape index (κ3) is 2.58. The summed E-state index contributed by atoms with van der Waals surface area (Å²) in [6.07, 6.45) is 0. The minimum absolute atomic E-state index is 0.280. The van der Waals surface area contributed by atoms with E-state index in [2.05, 4.69) is 5.32 Å². The highest BCUT2D eigenvalue weighted by atomic mass is 16.2. The molecule has 0 radical (unpaired) electrons. The second-order valence-corrected chi connectivity index (χ2v) is 2.95. The molecule has 2 amide bonds. The third-order valence-electron chi connectivity index (χ3n) is 1.77. The van der Waals surface area contributed by atoms with Gasteiger partial charge in [-0.25, -0.2) is 0 Å². The molecule has 0 aliphatic rings. The van der Waals surface area contributed by atoms with Crippen molar-refractivity contribution in [2.45, 2.75) is 13.0 Å². The first-order valence-electron chi connectivity index (χ1n) is 4.22. The van der Waals surface area contributed by atoms with Gasteiger partial charge in [0.2, 0.25) is 11.8 Å². The number of benzene rings is 1. The first-order valence-corrected chi connectivity index (χ1v) is 4.22. The van der Waals surface area contributed by atoms with Crippen molar-refractivity contribution in [1.29, 1.82) is 0 Å². The number of rotatable bonds is 3. The molecule has 0 fully saturated rings. The summed E-state index contributed by atoms with van der Waals surface area (Å²) in [7, 11) is 0. The highest BCUT2D eigenvalue weighted by Crippen LogP contribution is 2.11. The van der Waals surface area contributed by atoms with E-state index in [1.807, 2.05) is 6.07 Å². The van der Waals surface area contributed by atoms with Crippen LogP contribution in [0.25, 0.3) is 0 Å². The van der Waals surface area contributed by atoms with Crippen LogP contribution in [0.1, 0.15) is 18.5 Å². The van der Waals surface area contributed by atoms with E-state index in [-0.39, 0.29) is 5.91 Å². The summed E-state index contributed by atoms with van der Waals surface area (Å²) in [5.74, 6) is -0.843. The second kappa shape index (κ2) is 4.41. The molecular formula is C10H12N2O2. The molecular weight excluding hydrogens is 180 g/mol. The average molecular weight is 192 g/mol. The Hall–Kier alpha value is -1.84. The van der Waals surface area contributed by atoms with Crippen LogP contribution in [0.15, 0.2) is 30.3 Å². The third-order valence-corrected chi connectivity index (χ3v) is 1.77. The van der Waals surface area contributed by atoms with Crippen molar-refractivity contribution < 1.29 is 9.59 Å². The van der Waals surface area contributed by atoms with E-state index in [1.165, 1.54) is 6.92 Å². The van der Waals surface area contributed by atoms with Crippen molar-refractivity contribution >= 4 is 11.8 Å². The van der Waals surface area contributed by atoms with Crippen LogP contribution < -0.4 is 11.1 Å². The van der Waals surface area contributed by atoms with Gasteiger partial charge in [0.1, 0.15) is 6.04 Å². The topological polar surface area (TPSA) is 72.2 Å². The minimum atomic E-state index is -0.742. The van der Waals surface area contributed by atoms with Gasteiger partial charge in [-0.3, -0.25) is 9.59 Å². The van der Waals surface area contributed by atoms with E-state index in [0.29, 0.717) is 5.56 Å². The van der Waals surface area contributed by atoms with Crippen molar-refractivity contribution in [3.63, 3.8) is 0 Å². The predicted molar refractivity (Wildman–Crippen MR) is 52.2 cm³/mol. The molecule has 0 bridgehead atoms. The smallest absolute Gasteiger partial charge is 0.244 e. The quantitative estimate of drug-likeness (QED) is 0.725. The maximum absolute atomic E-state index is 11.0. The van der Waals surface area contributed by atoms with Crippen molar-refractivity contribution in [1.82, 2.24) is 5.32 Å². The molecule has 0 saturated carbocycles. The zero-order valence-electron chi connectivity index (χ0n) is 7.86. The Labute approximate surface area is 82.1 Å². The van der Waals surface area contributed by atoms with E-state index >= 15 is 0 Å². The summed E-state index contributed by atoms with van der Waals surface area (Å²) in [5, 5.41) is 2.48. The molecule has 0 saturated heterocycles. The lowest BCUT2D eigenvalue weighted by Crippen LogP contribution is -2.36. The lowest BCUT2D eigenvalue weighted by Gasteiger charge is -2.13. The van der Waals surface area contributed by atoms with Gasteiger partial charge in [-0.05, 0) is 5.56 Å². The molecule has 4 heteroatoms. The van der Waals surface area contributed by atoms with Gasteiger partial charge in [-0.1, -0.05) is 30.3 Å². The Bertz CT molecular complexity index is 335. The van der Waals surface area contributed by atoms with Crippen molar-refractivity contribution in [2.75, 3.05) is 0 Å². The zero-order valence-corrected chi connectivity index (χ0v) is 7.86.